The van der Waals surface area contributed by atoms with E-state index in [9.17, 15) is 9.59 Å². The van der Waals surface area contributed by atoms with Crippen molar-refractivity contribution in [3.8, 4) is 5.75 Å². The number of nitrogens with one attached hydrogen (secondary N) is 2. The fraction of sp³-hybridized carbons (Fsp3) is 0.529. The number of carbonyl (C=O) groups is 2. The molecular formula is C17H26N3O3S+. The smallest absolute Gasteiger partial charge is 0.239 e. The Balaban J connectivity index is 2.03. The van der Waals surface area contributed by atoms with E-state index in [2.05, 4.69) is 5.32 Å². The molecule has 0 aliphatic carbocycles. The summed E-state index contributed by atoms with van der Waals surface area (Å²) in [4.78, 5) is 27.5. The summed E-state index contributed by atoms with van der Waals surface area (Å²) in [6, 6.07) is 7.65. The molecule has 2 atom stereocenters. The van der Waals surface area contributed by atoms with Crippen LogP contribution in [0.5, 0.6) is 5.75 Å². The molecule has 0 aromatic heterocycles. The zero-order valence-electron chi connectivity index (χ0n) is 14.7. The lowest BCUT2D eigenvalue weighted by atomic mass is 10.2. The van der Waals surface area contributed by atoms with E-state index < -0.39 is 0 Å². The fourth-order valence-electron chi connectivity index (χ4n) is 2.52. The van der Waals surface area contributed by atoms with Gasteiger partial charge in [-0.1, -0.05) is 12.1 Å². The first-order valence-electron chi connectivity index (χ1n) is 8.08. The molecule has 132 valence electrons. The maximum atomic E-state index is 12.4. The van der Waals surface area contributed by atoms with Crippen molar-refractivity contribution in [1.29, 1.82) is 0 Å². The summed E-state index contributed by atoms with van der Waals surface area (Å²) in [6.45, 7) is 3.44. The molecule has 0 bridgehead atoms. The predicted molar refractivity (Wildman–Crippen MR) is 95.2 cm³/mol. The molecule has 1 aliphatic heterocycles. The second-order valence-corrected chi connectivity index (χ2v) is 7.60. The maximum absolute atomic E-state index is 12.4. The van der Waals surface area contributed by atoms with Crippen LogP contribution in [-0.4, -0.2) is 62.8 Å². The van der Waals surface area contributed by atoms with Crippen molar-refractivity contribution in [2.75, 3.05) is 40.8 Å². The molecule has 1 fully saturated rings. The second-order valence-electron chi connectivity index (χ2n) is 6.18. The highest BCUT2D eigenvalue weighted by Gasteiger charge is 2.39. The molecular weight excluding hydrogens is 326 g/mol. The van der Waals surface area contributed by atoms with Gasteiger partial charge in [-0.2, -0.15) is 0 Å². The zero-order valence-corrected chi connectivity index (χ0v) is 15.5. The number of amides is 2. The van der Waals surface area contributed by atoms with Gasteiger partial charge in [0.1, 0.15) is 17.7 Å². The molecule has 7 heteroatoms. The summed E-state index contributed by atoms with van der Waals surface area (Å²) in [6.07, 6.45) is 0. The van der Waals surface area contributed by atoms with Crippen LogP contribution in [0, 0.1) is 0 Å². The lowest BCUT2D eigenvalue weighted by Crippen LogP contribution is -3.06. The van der Waals surface area contributed by atoms with Crippen molar-refractivity contribution >= 4 is 23.6 Å². The first-order chi connectivity index (χ1) is 11.4. The van der Waals surface area contributed by atoms with E-state index in [1.807, 2.05) is 45.3 Å². The Kier molecular flexibility index (Phi) is 6.51. The van der Waals surface area contributed by atoms with Crippen LogP contribution >= 0.6 is 11.8 Å². The molecule has 1 aliphatic rings. The molecule has 0 radical (unpaired) electrons. The van der Waals surface area contributed by atoms with Gasteiger partial charge in [0.25, 0.3) is 0 Å². The number of benzene rings is 1. The summed E-state index contributed by atoms with van der Waals surface area (Å²) in [7, 11) is 5.69. The third kappa shape index (κ3) is 4.64. The van der Waals surface area contributed by atoms with Crippen LogP contribution in [0.2, 0.25) is 0 Å². The molecule has 1 aromatic carbocycles. The van der Waals surface area contributed by atoms with Crippen molar-refractivity contribution in [1.82, 2.24) is 10.2 Å². The average Bonchev–Trinajstić information content (AvgIpc) is 2.83. The first-order valence-corrected chi connectivity index (χ1v) is 9.02. The van der Waals surface area contributed by atoms with Gasteiger partial charge in [0.15, 0.2) is 0 Å². The summed E-state index contributed by atoms with van der Waals surface area (Å²) in [5, 5.41) is 2.61. The number of likely N-dealkylation sites (N-methyl/N-ethyl adjacent to an activating group) is 1. The number of thioether (sulfide) groups is 1. The molecule has 2 amide bonds. The van der Waals surface area contributed by atoms with Crippen molar-refractivity contribution in [2.24, 2.45) is 0 Å². The van der Waals surface area contributed by atoms with Crippen LogP contribution in [0.4, 0.5) is 0 Å². The number of carbonyl (C=O) groups excluding carboxylic acids is 2. The number of hydrogen-bond acceptors (Lipinski definition) is 4. The highest BCUT2D eigenvalue weighted by Crippen LogP contribution is 2.42. The molecule has 1 saturated heterocycles. The Labute approximate surface area is 147 Å². The lowest BCUT2D eigenvalue weighted by Gasteiger charge is -2.23. The van der Waals surface area contributed by atoms with Gasteiger partial charge in [0.2, 0.25) is 11.8 Å². The van der Waals surface area contributed by atoms with E-state index >= 15 is 0 Å². The highest BCUT2D eigenvalue weighted by molar-refractivity contribution is 8.01. The third-order valence-corrected chi connectivity index (χ3v) is 5.30. The molecule has 24 heavy (non-hydrogen) atoms. The van der Waals surface area contributed by atoms with Crippen LogP contribution in [0.3, 0.4) is 0 Å². The average molecular weight is 352 g/mol. The molecule has 6 nitrogen and oxygen atoms in total. The molecule has 2 N–H and O–H groups in total. The van der Waals surface area contributed by atoms with E-state index in [-0.39, 0.29) is 29.0 Å². The molecule has 0 unspecified atom stereocenters. The van der Waals surface area contributed by atoms with Gasteiger partial charge in [-0.3, -0.25) is 9.59 Å². The Hall–Kier alpha value is -1.73. The van der Waals surface area contributed by atoms with Gasteiger partial charge in [0, 0.05) is 0 Å². The minimum atomic E-state index is -0.142. The van der Waals surface area contributed by atoms with E-state index in [0.717, 1.165) is 17.9 Å². The molecule has 0 saturated carbocycles. The van der Waals surface area contributed by atoms with Crippen molar-refractivity contribution in [2.45, 2.75) is 17.5 Å². The zero-order chi connectivity index (χ0) is 17.7. The quantitative estimate of drug-likeness (QED) is 0.721. The number of hydrogen-bond donors (Lipinski definition) is 2. The molecule has 1 heterocycles. The number of nitrogens with zero attached hydrogens (tertiary/aromatic N) is 1. The van der Waals surface area contributed by atoms with Gasteiger partial charge >= 0.3 is 0 Å². The van der Waals surface area contributed by atoms with Gasteiger partial charge in [-0.05, 0) is 24.6 Å². The van der Waals surface area contributed by atoms with Crippen molar-refractivity contribution in [3.63, 3.8) is 0 Å². The van der Waals surface area contributed by atoms with Crippen LogP contribution in [0.1, 0.15) is 17.9 Å². The minimum Gasteiger partial charge on any atom is -0.497 e. The van der Waals surface area contributed by atoms with E-state index in [4.69, 9.17) is 4.74 Å². The Morgan fingerprint density at radius 2 is 2.00 bits per heavy atom. The van der Waals surface area contributed by atoms with Gasteiger partial charge in [-0.15, -0.1) is 11.8 Å². The number of rotatable bonds is 7. The maximum Gasteiger partial charge on any atom is 0.239 e. The Morgan fingerprint density at radius 1 is 1.33 bits per heavy atom. The first kappa shape index (κ1) is 18.6. The summed E-state index contributed by atoms with van der Waals surface area (Å²) < 4.78 is 5.18. The largest absolute Gasteiger partial charge is 0.497 e. The van der Waals surface area contributed by atoms with E-state index in [1.165, 1.54) is 4.90 Å². The highest BCUT2D eigenvalue weighted by atomic mass is 32.2. The predicted octanol–water partition coefficient (Wildman–Crippen LogP) is -0.0816. The number of ether oxygens (including phenoxy) is 1. The normalized spacial score (nSPS) is 20.5. The lowest BCUT2D eigenvalue weighted by molar-refractivity contribution is -0.856. The standard InChI is InChI=1S/C17H25N3O3S/c1-12-16(22)20(11-15(21)18-9-10-19(2)3)17(24-12)13-5-7-14(23-4)8-6-13/h5-8,12,17H,9-11H2,1-4H3,(H,18,21)/p+1/t12-,17-/m1/s1. The Bertz CT molecular complexity index is 577. The minimum absolute atomic E-state index is 0.00852. The Morgan fingerprint density at radius 3 is 2.58 bits per heavy atom. The van der Waals surface area contributed by atoms with E-state index in [1.54, 1.807) is 23.8 Å². The summed E-state index contributed by atoms with van der Waals surface area (Å²) in [5.74, 6) is 0.670. The third-order valence-electron chi connectivity index (χ3n) is 3.91. The van der Waals surface area contributed by atoms with Crippen LogP contribution in [0.25, 0.3) is 0 Å². The van der Waals surface area contributed by atoms with Crippen LogP contribution in [-0.2, 0) is 9.59 Å². The topological polar surface area (TPSA) is 63.1 Å². The molecule has 0 spiro atoms. The van der Waals surface area contributed by atoms with Crippen LogP contribution < -0.4 is 15.0 Å². The number of quaternary nitrogens is 1. The summed E-state index contributed by atoms with van der Waals surface area (Å²) >= 11 is 1.57. The summed E-state index contributed by atoms with van der Waals surface area (Å²) in [5.41, 5.74) is 1.00. The SMILES string of the molecule is COc1ccc([C@H]2S[C@H](C)C(=O)N2CC(=O)NCC[NH+](C)C)cc1. The van der Waals surface area contributed by atoms with Gasteiger partial charge in [-0.25, -0.2) is 0 Å². The second kappa shape index (κ2) is 8.39. The van der Waals surface area contributed by atoms with E-state index in [0.29, 0.717) is 6.54 Å². The molecule has 2 rings (SSSR count). The van der Waals surface area contributed by atoms with Crippen molar-refractivity contribution in [3.05, 3.63) is 29.8 Å². The molecule has 1 aromatic rings. The van der Waals surface area contributed by atoms with Gasteiger partial charge < -0.3 is 19.9 Å². The fourth-order valence-corrected chi connectivity index (χ4v) is 3.80. The van der Waals surface area contributed by atoms with Gasteiger partial charge in [0.05, 0.1) is 39.5 Å². The monoisotopic (exact) mass is 352 g/mol. The van der Waals surface area contributed by atoms with Crippen LogP contribution in [0.15, 0.2) is 24.3 Å². The number of methoxy groups -OCH3 is 1. The van der Waals surface area contributed by atoms with Crippen molar-refractivity contribution < 1.29 is 19.2 Å².